The molecule has 19 heavy (non-hydrogen) atoms. The molecule has 0 radical (unpaired) electrons. The second-order valence-electron chi connectivity index (χ2n) is 4.68. The number of amides is 1. The van der Waals surface area contributed by atoms with Gasteiger partial charge in [0.1, 0.15) is 0 Å². The van der Waals surface area contributed by atoms with Crippen LogP contribution in [0.4, 0.5) is 0 Å². The molecule has 1 amide bonds. The largest absolute Gasteiger partial charge is 0.330 e. The molecular weight excluding hydrogens is 262 g/mol. The molecule has 0 bridgehead atoms. The fourth-order valence-corrected chi connectivity index (χ4v) is 2.41. The maximum atomic E-state index is 12.0. The van der Waals surface area contributed by atoms with Crippen molar-refractivity contribution in [3.8, 4) is 0 Å². The van der Waals surface area contributed by atoms with Gasteiger partial charge in [0.15, 0.2) is 0 Å². The SMILES string of the molecule is NCCCCc1cccc(C2CC=NN(Cl)C2=O)c1. The molecule has 2 rings (SSSR count). The van der Waals surface area contributed by atoms with Crippen LogP contribution in [0.2, 0.25) is 0 Å². The van der Waals surface area contributed by atoms with Crippen LogP contribution in [0.5, 0.6) is 0 Å². The molecule has 0 aromatic heterocycles. The second kappa shape index (κ2) is 6.68. The van der Waals surface area contributed by atoms with E-state index in [1.807, 2.05) is 12.1 Å². The minimum atomic E-state index is -0.218. The summed E-state index contributed by atoms with van der Waals surface area (Å²) in [7, 11) is 0. The lowest BCUT2D eigenvalue weighted by Crippen LogP contribution is -2.28. The van der Waals surface area contributed by atoms with Crippen molar-refractivity contribution >= 4 is 23.9 Å². The number of hydrazone groups is 1. The van der Waals surface area contributed by atoms with Crippen molar-refractivity contribution in [3.05, 3.63) is 35.4 Å². The Morgan fingerprint density at radius 3 is 3.05 bits per heavy atom. The summed E-state index contributed by atoms with van der Waals surface area (Å²) in [6, 6.07) is 8.13. The van der Waals surface area contributed by atoms with E-state index in [-0.39, 0.29) is 11.8 Å². The summed E-state index contributed by atoms with van der Waals surface area (Å²) >= 11 is 5.73. The molecule has 2 N–H and O–H groups in total. The van der Waals surface area contributed by atoms with Crippen molar-refractivity contribution in [2.75, 3.05) is 6.54 Å². The third-order valence-electron chi connectivity index (χ3n) is 3.28. The summed E-state index contributed by atoms with van der Waals surface area (Å²) in [5.41, 5.74) is 7.74. The summed E-state index contributed by atoms with van der Waals surface area (Å²) < 4.78 is 0.898. The lowest BCUT2D eigenvalue weighted by atomic mass is 9.92. The number of benzene rings is 1. The standard InChI is InChI=1S/C14H18ClN3O/c15-18-14(19)13(7-9-17-18)12-6-3-5-11(10-12)4-1-2-8-16/h3,5-6,9-10,13H,1-2,4,7-8,16H2. The monoisotopic (exact) mass is 279 g/mol. The highest BCUT2D eigenvalue weighted by atomic mass is 35.5. The lowest BCUT2D eigenvalue weighted by molar-refractivity contribution is -0.128. The van der Waals surface area contributed by atoms with Gasteiger partial charge >= 0.3 is 0 Å². The Labute approximate surface area is 118 Å². The molecule has 1 heterocycles. The van der Waals surface area contributed by atoms with Crippen molar-refractivity contribution in [1.29, 1.82) is 0 Å². The number of nitrogens with zero attached hydrogens (tertiary/aromatic N) is 2. The van der Waals surface area contributed by atoms with Gasteiger partial charge in [0.25, 0.3) is 5.91 Å². The number of carbonyl (C=O) groups excluding carboxylic acids is 1. The first-order valence-electron chi connectivity index (χ1n) is 6.53. The van der Waals surface area contributed by atoms with Crippen LogP contribution in [0.25, 0.3) is 0 Å². The molecule has 0 saturated carbocycles. The Balaban J connectivity index is 2.10. The Bertz CT molecular complexity index is 476. The molecule has 5 heteroatoms. The molecule has 1 unspecified atom stereocenters. The maximum Gasteiger partial charge on any atom is 0.265 e. The van der Waals surface area contributed by atoms with Crippen LogP contribution in [-0.4, -0.2) is 23.2 Å². The van der Waals surface area contributed by atoms with Gasteiger partial charge in [-0.15, -0.1) is 4.53 Å². The van der Waals surface area contributed by atoms with Crippen LogP contribution in [0.15, 0.2) is 29.4 Å². The number of hydrogen-bond donors (Lipinski definition) is 1. The first-order chi connectivity index (χ1) is 9.22. The van der Waals surface area contributed by atoms with Gasteiger partial charge in [-0.3, -0.25) is 4.79 Å². The molecule has 1 aliphatic rings. The predicted octanol–water partition coefficient (Wildman–Crippen LogP) is 2.42. The second-order valence-corrected chi connectivity index (χ2v) is 5.00. The van der Waals surface area contributed by atoms with Crippen LogP contribution in [-0.2, 0) is 11.2 Å². The van der Waals surface area contributed by atoms with E-state index in [1.165, 1.54) is 5.56 Å². The highest BCUT2D eigenvalue weighted by Gasteiger charge is 2.27. The molecule has 0 saturated heterocycles. The van der Waals surface area contributed by atoms with Gasteiger partial charge in [0, 0.05) is 24.4 Å². The normalized spacial score (nSPS) is 18.9. The van der Waals surface area contributed by atoms with Gasteiger partial charge in [-0.05, 0) is 36.9 Å². The molecule has 0 spiro atoms. The van der Waals surface area contributed by atoms with Crippen molar-refractivity contribution in [2.24, 2.45) is 10.8 Å². The number of aryl methyl sites for hydroxylation is 1. The van der Waals surface area contributed by atoms with Crippen molar-refractivity contribution in [3.63, 3.8) is 0 Å². The van der Waals surface area contributed by atoms with E-state index in [1.54, 1.807) is 6.21 Å². The van der Waals surface area contributed by atoms with E-state index in [0.717, 1.165) is 35.9 Å². The van der Waals surface area contributed by atoms with Crippen LogP contribution in [0.1, 0.15) is 36.3 Å². The van der Waals surface area contributed by atoms with Crippen molar-refractivity contribution < 1.29 is 4.79 Å². The molecule has 4 nitrogen and oxygen atoms in total. The Morgan fingerprint density at radius 2 is 2.26 bits per heavy atom. The van der Waals surface area contributed by atoms with Crippen LogP contribution >= 0.6 is 11.8 Å². The van der Waals surface area contributed by atoms with Crippen LogP contribution in [0.3, 0.4) is 0 Å². The van der Waals surface area contributed by atoms with Gasteiger partial charge in [-0.25, -0.2) is 0 Å². The summed E-state index contributed by atoms with van der Waals surface area (Å²) in [6.45, 7) is 0.721. The van der Waals surface area contributed by atoms with Crippen molar-refractivity contribution in [2.45, 2.75) is 31.6 Å². The minimum Gasteiger partial charge on any atom is -0.330 e. The zero-order valence-electron chi connectivity index (χ0n) is 10.8. The highest BCUT2D eigenvalue weighted by Crippen LogP contribution is 2.26. The average molecular weight is 280 g/mol. The predicted molar refractivity (Wildman–Crippen MR) is 77.0 cm³/mol. The molecule has 0 fully saturated rings. The van der Waals surface area contributed by atoms with Crippen LogP contribution in [0, 0.1) is 0 Å². The number of hydrogen-bond acceptors (Lipinski definition) is 3. The van der Waals surface area contributed by atoms with E-state index < -0.39 is 0 Å². The van der Waals surface area contributed by atoms with Crippen molar-refractivity contribution in [1.82, 2.24) is 4.53 Å². The number of unbranched alkanes of at least 4 members (excludes halogenated alkanes) is 1. The number of halogens is 1. The fourth-order valence-electron chi connectivity index (χ4n) is 2.23. The van der Waals surface area contributed by atoms with Crippen LogP contribution < -0.4 is 5.73 Å². The average Bonchev–Trinajstić information content (AvgIpc) is 2.43. The van der Waals surface area contributed by atoms with E-state index in [2.05, 4.69) is 17.2 Å². The van der Waals surface area contributed by atoms with E-state index in [4.69, 9.17) is 17.5 Å². The quantitative estimate of drug-likeness (QED) is 0.665. The van der Waals surface area contributed by atoms with Gasteiger partial charge in [-0.1, -0.05) is 24.3 Å². The van der Waals surface area contributed by atoms with Gasteiger partial charge in [0.2, 0.25) is 0 Å². The molecule has 1 aliphatic heterocycles. The molecule has 1 aromatic carbocycles. The fraction of sp³-hybridized carbons (Fsp3) is 0.429. The summed E-state index contributed by atoms with van der Waals surface area (Å²) in [6.07, 6.45) is 5.37. The third-order valence-corrected chi connectivity index (χ3v) is 3.53. The molecule has 1 atom stereocenters. The van der Waals surface area contributed by atoms with Gasteiger partial charge in [-0.2, -0.15) is 5.10 Å². The van der Waals surface area contributed by atoms with Gasteiger partial charge < -0.3 is 5.73 Å². The first kappa shape index (κ1) is 14.0. The number of rotatable bonds is 5. The van der Waals surface area contributed by atoms with E-state index >= 15 is 0 Å². The molecule has 0 aliphatic carbocycles. The minimum absolute atomic E-state index is 0.164. The van der Waals surface area contributed by atoms with E-state index in [9.17, 15) is 4.79 Å². The molecular formula is C14H18ClN3O. The molecule has 102 valence electrons. The number of carbonyl (C=O) groups is 1. The third kappa shape index (κ3) is 3.55. The van der Waals surface area contributed by atoms with Gasteiger partial charge in [0.05, 0.1) is 5.92 Å². The number of nitrogens with two attached hydrogens (primary N) is 1. The maximum absolute atomic E-state index is 12.0. The molecule has 1 aromatic rings. The summed E-state index contributed by atoms with van der Waals surface area (Å²) in [4.78, 5) is 12.0. The topological polar surface area (TPSA) is 58.7 Å². The smallest absolute Gasteiger partial charge is 0.265 e. The lowest BCUT2D eigenvalue weighted by Gasteiger charge is -2.21. The Morgan fingerprint density at radius 1 is 1.42 bits per heavy atom. The Kier molecular flexibility index (Phi) is 4.93. The summed E-state index contributed by atoms with van der Waals surface area (Å²) in [5.74, 6) is -0.382. The highest BCUT2D eigenvalue weighted by molar-refractivity contribution is 6.22. The summed E-state index contributed by atoms with van der Waals surface area (Å²) in [5, 5.41) is 3.78. The first-order valence-corrected chi connectivity index (χ1v) is 6.87. The van der Waals surface area contributed by atoms with E-state index in [0.29, 0.717) is 6.42 Å². The Hall–Kier alpha value is -1.39. The zero-order chi connectivity index (χ0) is 13.7. The zero-order valence-corrected chi connectivity index (χ0v) is 11.5.